The number of piperazine rings is 1. The number of halogens is 1. The molecule has 1 fully saturated rings. The van der Waals surface area contributed by atoms with Gasteiger partial charge in [0.25, 0.3) is 5.91 Å². The number of rotatable bonds is 1. The lowest BCUT2D eigenvalue weighted by molar-refractivity contribution is 0.0599. The largest absolute Gasteiger partial charge is 0.453 e. The minimum atomic E-state index is -0.544. The van der Waals surface area contributed by atoms with Crippen LogP contribution in [0, 0.1) is 5.82 Å². The maximum atomic E-state index is 13.1. The molecule has 1 aliphatic rings. The van der Waals surface area contributed by atoms with E-state index in [9.17, 15) is 14.0 Å². The number of carbonyl (C=O) groups excluding carboxylic acids is 2. The average Bonchev–Trinajstić information content (AvgIpc) is 2.48. The molecule has 1 heterocycles. The second-order valence-corrected chi connectivity index (χ2v) is 4.49. The van der Waals surface area contributed by atoms with Crippen LogP contribution in [0.25, 0.3) is 0 Å². The summed E-state index contributed by atoms with van der Waals surface area (Å²) in [5.41, 5.74) is 5.74. The lowest BCUT2D eigenvalue weighted by atomic mass is 10.1. The van der Waals surface area contributed by atoms with E-state index in [1.165, 1.54) is 30.2 Å². The van der Waals surface area contributed by atoms with Crippen LogP contribution in [-0.4, -0.2) is 55.1 Å². The molecular weight excluding hydrogens is 265 g/mol. The smallest absolute Gasteiger partial charge is 0.409 e. The summed E-state index contributed by atoms with van der Waals surface area (Å²) in [5, 5.41) is 0. The monoisotopic (exact) mass is 281 g/mol. The van der Waals surface area contributed by atoms with Crippen molar-refractivity contribution in [2.75, 3.05) is 39.0 Å². The molecule has 6 nitrogen and oxygen atoms in total. The van der Waals surface area contributed by atoms with Gasteiger partial charge in [-0.2, -0.15) is 0 Å². The van der Waals surface area contributed by atoms with Gasteiger partial charge in [0.1, 0.15) is 5.82 Å². The first kappa shape index (κ1) is 14.1. The van der Waals surface area contributed by atoms with Crippen LogP contribution in [0.4, 0.5) is 14.9 Å². The predicted octanol–water partition coefficient (Wildman–Crippen LogP) is 0.932. The molecule has 0 aromatic heterocycles. The number of amides is 2. The summed E-state index contributed by atoms with van der Waals surface area (Å²) in [4.78, 5) is 26.7. The number of benzene rings is 1. The lowest BCUT2D eigenvalue weighted by Gasteiger charge is -2.33. The van der Waals surface area contributed by atoms with Crippen molar-refractivity contribution in [2.45, 2.75) is 0 Å². The standard InChI is InChI=1S/C13H16FN3O3/c1-20-13(19)17-6-4-16(5-7-17)12(18)9-2-3-10(14)11(15)8-9/h2-3,8H,4-7,15H2,1H3. The van der Waals surface area contributed by atoms with Gasteiger partial charge in [-0.15, -0.1) is 0 Å². The Balaban J connectivity index is 2.01. The Kier molecular flexibility index (Phi) is 4.07. The molecule has 0 unspecified atom stereocenters. The maximum absolute atomic E-state index is 13.1. The first-order valence-corrected chi connectivity index (χ1v) is 6.20. The van der Waals surface area contributed by atoms with E-state index in [0.717, 1.165) is 0 Å². The summed E-state index contributed by atoms with van der Waals surface area (Å²) in [6.07, 6.45) is -0.400. The fraction of sp³-hybridized carbons (Fsp3) is 0.385. The summed E-state index contributed by atoms with van der Waals surface area (Å²) in [6, 6.07) is 3.90. The number of hydrogen-bond donors (Lipinski definition) is 1. The first-order valence-electron chi connectivity index (χ1n) is 6.20. The third-order valence-corrected chi connectivity index (χ3v) is 3.24. The highest BCUT2D eigenvalue weighted by molar-refractivity contribution is 5.95. The van der Waals surface area contributed by atoms with Gasteiger partial charge in [0.2, 0.25) is 0 Å². The van der Waals surface area contributed by atoms with Crippen molar-refractivity contribution in [3.8, 4) is 0 Å². The minimum absolute atomic E-state index is 0.0518. The molecule has 0 saturated carbocycles. The zero-order chi connectivity index (χ0) is 14.7. The molecule has 1 aliphatic heterocycles. The van der Waals surface area contributed by atoms with Crippen LogP contribution in [0.3, 0.4) is 0 Å². The van der Waals surface area contributed by atoms with E-state index in [2.05, 4.69) is 4.74 Å². The molecule has 108 valence electrons. The van der Waals surface area contributed by atoms with Crippen molar-refractivity contribution in [1.82, 2.24) is 9.80 Å². The van der Waals surface area contributed by atoms with Crippen LogP contribution in [0.2, 0.25) is 0 Å². The second kappa shape index (κ2) is 5.77. The Morgan fingerprint density at radius 3 is 2.35 bits per heavy atom. The molecule has 0 radical (unpaired) electrons. The molecule has 1 saturated heterocycles. The van der Waals surface area contributed by atoms with Crippen molar-refractivity contribution in [1.29, 1.82) is 0 Å². The molecule has 2 N–H and O–H groups in total. The Labute approximate surface area is 115 Å². The number of carbonyl (C=O) groups is 2. The number of nitrogens with two attached hydrogens (primary N) is 1. The fourth-order valence-electron chi connectivity index (χ4n) is 2.08. The highest BCUT2D eigenvalue weighted by atomic mass is 19.1. The van der Waals surface area contributed by atoms with Gasteiger partial charge in [0.15, 0.2) is 0 Å². The van der Waals surface area contributed by atoms with Crippen LogP contribution in [-0.2, 0) is 4.74 Å². The first-order chi connectivity index (χ1) is 9.52. The molecule has 2 rings (SSSR count). The summed E-state index contributed by atoms with van der Waals surface area (Å²) in [5.74, 6) is -0.765. The fourth-order valence-corrected chi connectivity index (χ4v) is 2.08. The van der Waals surface area contributed by atoms with E-state index in [1.54, 1.807) is 4.90 Å². The molecule has 0 bridgehead atoms. The van der Waals surface area contributed by atoms with Crippen LogP contribution in [0.5, 0.6) is 0 Å². The summed E-state index contributed by atoms with van der Waals surface area (Å²) >= 11 is 0. The number of ether oxygens (including phenoxy) is 1. The molecule has 7 heteroatoms. The quantitative estimate of drug-likeness (QED) is 0.777. The third kappa shape index (κ3) is 2.81. The van der Waals surface area contributed by atoms with Gasteiger partial charge in [-0.25, -0.2) is 9.18 Å². The van der Waals surface area contributed by atoms with E-state index >= 15 is 0 Å². The van der Waals surface area contributed by atoms with Gasteiger partial charge in [-0.1, -0.05) is 0 Å². The van der Waals surface area contributed by atoms with Gasteiger partial charge in [0, 0.05) is 31.7 Å². The van der Waals surface area contributed by atoms with Crippen LogP contribution >= 0.6 is 0 Å². The van der Waals surface area contributed by atoms with Crippen molar-refractivity contribution in [3.63, 3.8) is 0 Å². The molecule has 2 amide bonds. The Morgan fingerprint density at radius 2 is 1.80 bits per heavy atom. The van der Waals surface area contributed by atoms with Gasteiger partial charge < -0.3 is 20.3 Å². The zero-order valence-corrected chi connectivity index (χ0v) is 11.1. The molecule has 1 aromatic carbocycles. The van der Waals surface area contributed by atoms with Gasteiger partial charge in [-0.05, 0) is 18.2 Å². The SMILES string of the molecule is COC(=O)N1CCN(C(=O)c2ccc(F)c(N)c2)CC1. The number of nitrogens with zero attached hydrogens (tertiary/aromatic N) is 2. The van der Waals surface area contributed by atoms with Crippen LogP contribution in [0.15, 0.2) is 18.2 Å². The summed E-state index contributed by atoms with van der Waals surface area (Å²) in [6.45, 7) is 1.64. The number of anilines is 1. The van der Waals surface area contributed by atoms with Gasteiger partial charge in [0.05, 0.1) is 12.8 Å². The Morgan fingerprint density at radius 1 is 1.20 bits per heavy atom. The van der Waals surface area contributed by atoms with Crippen molar-refractivity contribution in [3.05, 3.63) is 29.6 Å². The number of methoxy groups -OCH3 is 1. The normalized spacial score (nSPS) is 15.1. The van der Waals surface area contributed by atoms with Gasteiger partial charge in [-0.3, -0.25) is 4.79 Å². The summed E-state index contributed by atoms with van der Waals surface area (Å²) < 4.78 is 17.7. The van der Waals surface area contributed by atoms with E-state index < -0.39 is 11.9 Å². The maximum Gasteiger partial charge on any atom is 0.409 e. The third-order valence-electron chi connectivity index (χ3n) is 3.24. The molecule has 0 spiro atoms. The van der Waals surface area contributed by atoms with E-state index in [4.69, 9.17) is 5.73 Å². The van der Waals surface area contributed by atoms with E-state index in [0.29, 0.717) is 31.7 Å². The molecule has 0 atom stereocenters. The molecule has 20 heavy (non-hydrogen) atoms. The second-order valence-electron chi connectivity index (χ2n) is 4.49. The van der Waals surface area contributed by atoms with Crippen molar-refractivity contribution in [2.24, 2.45) is 0 Å². The Hall–Kier alpha value is -2.31. The number of nitrogen functional groups attached to an aromatic ring is 1. The van der Waals surface area contributed by atoms with Crippen molar-refractivity contribution >= 4 is 17.7 Å². The van der Waals surface area contributed by atoms with Crippen molar-refractivity contribution < 1.29 is 18.7 Å². The highest BCUT2D eigenvalue weighted by Crippen LogP contribution is 2.15. The molecule has 0 aliphatic carbocycles. The van der Waals surface area contributed by atoms with E-state index in [1.807, 2.05) is 0 Å². The van der Waals surface area contributed by atoms with Crippen LogP contribution in [0.1, 0.15) is 10.4 Å². The number of hydrogen-bond acceptors (Lipinski definition) is 4. The van der Waals surface area contributed by atoms with E-state index in [-0.39, 0.29) is 11.6 Å². The van der Waals surface area contributed by atoms with Gasteiger partial charge >= 0.3 is 6.09 Å². The summed E-state index contributed by atoms with van der Waals surface area (Å²) in [7, 11) is 1.32. The minimum Gasteiger partial charge on any atom is -0.453 e. The molecular formula is C13H16FN3O3. The predicted molar refractivity (Wildman–Crippen MR) is 70.7 cm³/mol. The van der Waals surface area contributed by atoms with Crippen LogP contribution < -0.4 is 5.73 Å². The average molecular weight is 281 g/mol. The topological polar surface area (TPSA) is 75.9 Å². The Bertz CT molecular complexity index is 528. The highest BCUT2D eigenvalue weighted by Gasteiger charge is 2.25. The zero-order valence-electron chi connectivity index (χ0n) is 11.1. The molecule has 1 aromatic rings. The lowest BCUT2D eigenvalue weighted by Crippen LogP contribution is -2.50.